The molecule has 0 saturated carbocycles. The molecule has 0 bridgehead atoms. The number of nitrogens with zero attached hydrogens (tertiary/aromatic N) is 3. The lowest BCUT2D eigenvalue weighted by molar-refractivity contribution is 0.0862. The molecule has 0 atom stereocenters. The van der Waals surface area contributed by atoms with Crippen LogP contribution in [0.25, 0.3) is 22.4 Å². The summed E-state index contributed by atoms with van der Waals surface area (Å²) in [6, 6.07) is 21.2. The van der Waals surface area contributed by atoms with Crippen LogP contribution in [0.5, 0.6) is 0 Å². The van der Waals surface area contributed by atoms with Gasteiger partial charge in [-0.3, -0.25) is 9.69 Å². The van der Waals surface area contributed by atoms with E-state index in [0.717, 1.165) is 16.5 Å². The number of H-pyrrole nitrogens is 1. The maximum Gasteiger partial charge on any atom is 0.278 e. The molecule has 4 aromatic rings. The highest BCUT2D eigenvalue weighted by molar-refractivity contribution is 5.98. The Bertz CT molecular complexity index is 1260. The second-order valence-corrected chi connectivity index (χ2v) is 7.19. The van der Waals surface area contributed by atoms with E-state index in [-0.39, 0.29) is 5.91 Å². The van der Waals surface area contributed by atoms with Crippen LogP contribution < -0.4 is 5.73 Å². The SMILES string of the molecule is NC1(c2ccccc2)C=CN(C(=O)c2cc3cnc(-c4ccccc4)nc3[nH]2)C=C1. The molecule has 2 aromatic heterocycles. The predicted molar refractivity (Wildman–Crippen MR) is 116 cm³/mol. The normalized spacial score (nSPS) is 14.9. The minimum atomic E-state index is -0.742. The first-order valence-corrected chi connectivity index (χ1v) is 9.59. The molecule has 1 aliphatic rings. The number of aromatic nitrogens is 3. The zero-order valence-corrected chi connectivity index (χ0v) is 16.1. The molecule has 0 fully saturated rings. The summed E-state index contributed by atoms with van der Waals surface area (Å²) in [4.78, 5) is 26.6. The van der Waals surface area contributed by atoms with Crippen molar-refractivity contribution < 1.29 is 4.79 Å². The molecule has 0 radical (unpaired) electrons. The fourth-order valence-corrected chi connectivity index (χ4v) is 3.46. The number of fused-ring (bicyclic) bond motifs is 1. The first-order valence-electron chi connectivity index (χ1n) is 9.59. The highest BCUT2D eigenvalue weighted by Gasteiger charge is 2.26. The average Bonchev–Trinajstić information content (AvgIpc) is 3.24. The number of aromatic amines is 1. The Kier molecular flexibility index (Phi) is 4.26. The van der Waals surface area contributed by atoms with Crippen LogP contribution in [0.3, 0.4) is 0 Å². The van der Waals surface area contributed by atoms with Crippen molar-refractivity contribution in [2.75, 3.05) is 0 Å². The molecule has 0 saturated heterocycles. The smallest absolute Gasteiger partial charge is 0.278 e. The van der Waals surface area contributed by atoms with Crippen molar-refractivity contribution in [2.45, 2.75) is 5.54 Å². The number of amides is 1. The number of nitrogens with one attached hydrogen (secondary N) is 1. The molecule has 6 heteroatoms. The van der Waals surface area contributed by atoms with Crippen molar-refractivity contribution in [1.82, 2.24) is 19.9 Å². The number of hydrogen-bond acceptors (Lipinski definition) is 4. The van der Waals surface area contributed by atoms with Crippen LogP contribution in [0.15, 0.2) is 97.5 Å². The number of benzene rings is 2. The number of hydrogen-bond donors (Lipinski definition) is 2. The van der Waals surface area contributed by atoms with Gasteiger partial charge in [-0.1, -0.05) is 60.7 Å². The first kappa shape index (κ1) is 18.0. The Morgan fingerprint density at radius 2 is 1.63 bits per heavy atom. The van der Waals surface area contributed by atoms with Gasteiger partial charge in [0.1, 0.15) is 11.3 Å². The van der Waals surface area contributed by atoms with Gasteiger partial charge in [-0.2, -0.15) is 0 Å². The zero-order valence-electron chi connectivity index (χ0n) is 16.1. The molecule has 3 N–H and O–H groups in total. The average molecular weight is 393 g/mol. The highest BCUT2D eigenvalue weighted by Crippen LogP contribution is 2.26. The summed E-state index contributed by atoms with van der Waals surface area (Å²) < 4.78 is 0. The second-order valence-electron chi connectivity index (χ2n) is 7.19. The lowest BCUT2D eigenvalue weighted by Gasteiger charge is -2.28. The molecule has 146 valence electrons. The molecular weight excluding hydrogens is 374 g/mol. The van der Waals surface area contributed by atoms with Crippen molar-refractivity contribution in [1.29, 1.82) is 0 Å². The molecule has 1 amide bonds. The Hall–Kier alpha value is -4.03. The maximum atomic E-state index is 13.0. The van der Waals surface area contributed by atoms with Crippen LogP contribution in [-0.2, 0) is 5.54 Å². The molecule has 2 aromatic carbocycles. The fourth-order valence-electron chi connectivity index (χ4n) is 3.46. The second kappa shape index (κ2) is 7.09. The van der Waals surface area contributed by atoms with Crippen molar-refractivity contribution in [3.05, 3.63) is 109 Å². The number of carbonyl (C=O) groups excluding carboxylic acids is 1. The molecule has 0 aliphatic carbocycles. The van der Waals surface area contributed by atoms with Crippen molar-refractivity contribution in [3.63, 3.8) is 0 Å². The van der Waals surface area contributed by atoms with Crippen molar-refractivity contribution in [3.8, 4) is 11.4 Å². The van der Waals surface area contributed by atoms with Crippen molar-refractivity contribution in [2.24, 2.45) is 5.73 Å². The Balaban J connectivity index is 1.40. The van der Waals surface area contributed by atoms with Gasteiger partial charge in [0.25, 0.3) is 5.91 Å². The van der Waals surface area contributed by atoms with E-state index in [1.165, 1.54) is 4.90 Å². The quantitative estimate of drug-likeness (QED) is 0.551. The third-order valence-electron chi connectivity index (χ3n) is 5.16. The standard InChI is InChI=1S/C24H19N5O/c25-24(19-9-5-2-6-10-19)11-13-29(14-12-24)23(30)20-15-18-16-26-21(28-22(18)27-20)17-7-3-1-4-8-17/h1-16H,25H2,(H,26,27,28). The van der Waals surface area contributed by atoms with E-state index in [1.807, 2.05) is 72.8 Å². The van der Waals surface area contributed by atoms with Crippen LogP contribution >= 0.6 is 0 Å². The molecule has 1 aliphatic heterocycles. The number of rotatable bonds is 3. The molecule has 0 spiro atoms. The van der Waals surface area contributed by atoms with Crippen LogP contribution in [0.1, 0.15) is 16.1 Å². The summed E-state index contributed by atoms with van der Waals surface area (Å²) >= 11 is 0. The van der Waals surface area contributed by atoms with E-state index in [2.05, 4.69) is 15.0 Å². The van der Waals surface area contributed by atoms with Gasteiger partial charge in [-0.15, -0.1) is 0 Å². The molecule has 6 nitrogen and oxygen atoms in total. The zero-order chi connectivity index (χ0) is 20.6. The van der Waals surface area contributed by atoms with Crippen LogP contribution in [0.4, 0.5) is 0 Å². The minimum Gasteiger partial charge on any atom is -0.335 e. The Labute approximate surface area is 173 Å². The summed E-state index contributed by atoms with van der Waals surface area (Å²) in [7, 11) is 0. The van der Waals surface area contributed by atoms with E-state index >= 15 is 0 Å². The monoisotopic (exact) mass is 393 g/mol. The third-order valence-corrected chi connectivity index (χ3v) is 5.16. The third kappa shape index (κ3) is 3.19. The lowest BCUT2D eigenvalue weighted by atomic mass is 9.89. The maximum absolute atomic E-state index is 13.0. The van der Waals surface area contributed by atoms with Gasteiger partial charge in [0.05, 0.1) is 5.54 Å². The summed E-state index contributed by atoms with van der Waals surface area (Å²) in [5.41, 5.74) is 8.67. The largest absolute Gasteiger partial charge is 0.335 e. The molecule has 30 heavy (non-hydrogen) atoms. The van der Waals surface area contributed by atoms with Gasteiger partial charge < -0.3 is 10.7 Å². The van der Waals surface area contributed by atoms with Crippen LogP contribution in [-0.4, -0.2) is 25.8 Å². The summed E-state index contributed by atoms with van der Waals surface area (Å²) in [5, 5.41) is 0.778. The van der Waals surface area contributed by atoms with Gasteiger partial charge >= 0.3 is 0 Å². The van der Waals surface area contributed by atoms with Gasteiger partial charge in [0.15, 0.2) is 5.82 Å². The summed E-state index contributed by atoms with van der Waals surface area (Å²) in [6.07, 6.45) is 8.75. The van der Waals surface area contributed by atoms with Gasteiger partial charge in [-0.05, 0) is 23.8 Å². The molecule has 5 rings (SSSR count). The number of nitrogens with two attached hydrogens (primary N) is 1. The van der Waals surface area contributed by atoms with E-state index in [9.17, 15) is 4.79 Å². The van der Waals surface area contributed by atoms with Crippen LogP contribution in [0.2, 0.25) is 0 Å². The molecule has 3 heterocycles. The van der Waals surface area contributed by atoms with E-state index in [1.54, 1.807) is 24.7 Å². The van der Waals surface area contributed by atoms with Crippen LogP contribution in [0, 0.1) is 0 Å². The minimum absolute atomic E-state index is 0.197. The summed E-state index contributed by atoms with van der Waals surface area (Å²) in [5.74, 6) is 0.411. The highest BCUT2D eigenvalue weighted by atomic mass is 16.2. The van der Waals surface area contributed by atoms with E-state index < -0.39 is 5.54 Å². The first-order chi connectivity index (χ1) is 14.6. The van der Waals surface area contributed by atoms with E-state index in [4.69, 9.17) is 5.73 Å². The van der Waals surface area contributed by atoms with Gasteiger partial charge in [0, 0.05) is 29.5 Å². The Morgan fingerprint density at radius 1 is 0.967 bits per heavy atom. The number of carbonyl (C=O) groups is 1. The predicted octanol–water partition coefficient (Wildman–Crippen LogP) is 3.96. The fraction of sp³-hybridized carbons (Fsp3) is 0.0417. The molecular formula is C24H19N5O. The van der Waals surface area contributed by atoms with Gasteiger partial charge in [-0.25, -0.2) is 9.97 Å². The lowest BCUT2D eigenvalue weighted by Crippen LogP contribution is -2.36. The summed E-state index contributed by atoms with van der Waals surface area (Å²) in [6.45, 7) is 0. The Morgan fingerprint density at radius 3 is 2.33 bits per heavy atom. The van der Waals surface area contributed by atoms with E-state index in [0.29, 0.717) is 17.2 Å². The van der Waals surface area contributed by atoms with Gasteiger partial charge in [0.2, 0.25) is 0 Å². The topological polar surface area (TPSA) is 87.9 Å². The van der Waals surface area contributed by atoms with Crippen molar-refractivity contribution >= 4 is 16.9 Å². The molecule has 0 unspecified atom stereocenters.